The summed E-state index contributed by atoms with van der Waals surface area (Å²) in [7, 11) is 0. The Morgan fingerprint density at radius 1 is 1.31 bits per heavy atom. The van der Waals surface area contributed by atoms with Crippen molar-refractivity contribution in [2.75, 3.05) is 0 Å². The summed E-state index contributed by atoms with van der Waals surface area (Å²) in [5, 5.41) is 9.30. The molecule has 3 nitrogen and oxygen atoms in total. The summed E-state index contributed by atoms with van der Waals surface area (Å²) in [5.74, 6) is -0.768. The van der Waals surface area contributed by atoms with Crippen molar-refractivity contribution in [1.29, 1.82) is 0 Å². The van der Waals surface area contributed by atoms with E-state index in [0.29, 0.717) is 11.6 Å². The number of carboxylic acid groups (broad SMARTS) is 1. The fraction of sp³-hybridized carbons (Fsp3) is 0.615. The topological polar surface area (TPSA) is 42.2 Å². The summed E-state index contributed by atoms with van der Waals surface area (Å²) in [6.45, 7) is 6.17. The molecule has 16 heavy (non-hydrogen) atoms. The molecule has 0 fully saturated rings. The van der Waals surface area contributed by atoms with Crippen molar-refractivity contribution in [2.24, 2.45) is 0 Å². The molecule has 0 bridgehead atoms. The molecule has 1 aromatic rings. The van der Waals surface area contributed by atoms with E-state index in [1.54, 1.807) is 0 Å². The Kier molecular flexibility index (Phi) is 2.78. The second kappa shape index (κ2) is 3.96. The highest BCUT2D eigenvalue weighted by atomic mass is 16.4. The molecule has 1 aromatic heterocycles. The van der Waals surface area contributed by atoms with Crippen LogP contribution in [0.15, 0.2) is 0 Å². The van der Waals surface area contributed by atoms with Gasteiger partial charge in [-0.1, -0.05) is 0 Å². The first-order valence-corrected chi connectivity index (χ1v) is 5.99. The van der Waals surface area contributed by atoms with Crippen LogP contribution >= 0.6 is 0 Å². The van der Waals surface area contributed by atoms with Gasteiger partial charge in [-0.05, 0) is 52.0 Å². The molecule has 1 heterocycles. The van der Waals surface area contributed by atoms with Gasteiger partial charge in [0.15, 0.2) is 0 Å². The van der Waals surface area contributed by atoms with E-state index in [1.165, 1.54) is 12.1 Å². The number of hydrogen-bond acceptors (Lipinski definition) is 1. The molecule has 0 saturated heterocycles. The molecule has 88 valence electrons. The Morgan fingerprint density at radius 2 is 1.94 bits per heavy atom. The van der Waals surface area contributed by atoms with Crippen LogP contribution < -0.4 is 0 Å². The van der Waals surface area contributed by atoms with E-state index in [9.17, 15) is 9.90 Å². The van der Waals surface area contributed by atoms with E-state index in [0.717, 1.165) is 30.5 Å². The molecule has 0 saturated carbocycles. The number of hydrogen-bond donors (Lipinski definition) is 1. The van der Waals surface area contributed by atoms with E-state index < -0.39 is 5.97 Å². The zero-order valence-corrected chi connectivity index (χ0v) is 10.2. The lowest BCUT2D eigenvalue weighted by molar-refractivity contribution is 0.0694. The van der Waals surface area contributed by atoms with Gasteiger partial charge in [0.2, 0.25) is 0 Å². The van der Waals surface area contributed by atoms with Crippen LogP contribution in [0.2, 0.25) is 0 Å². The number of fused-ring (bicyclic) bond motifs is 1. The molecule has 0 unspecified atom stereocenters. The number of carboxylic acids is 1. The van der Waals surface area contributed by atoms with Crippen LogP contribution in [-0.2, 0) is 12.8 Å². The normalized spacial score (nSPS) is 15.2. The van der Waals surface area contributed by atoms with Crippen LogP contribution in [0.4, 0.5) is 0 Å². The Labute approximate surface area is 96.1 Å². The largest absolute Gasteiger partial charge is 0.478 e. The molecule has 0 spiro atoms. The van der Waals surface area contributed by atoms with Gasteiger partial charge in [0, 0.05) is 17.4 Å². The minimum atomic E-state index is -0.768. The van der Waals surface area contributed by atoms with Crippen molar-refractivity contribution in [3.63, 3.8) is 0 Å². The molecule has 0 radical (unpaired) electrons. The van der Waals surface area contributed by atoms with Crippen LogP contribution in [0.5, 0.6) is 0 Å². The fourth-order valence-electron chi connectivity index (χ4n) is 2.95. The van der Waals surface area contributed by atoms with Crippen molar-refractivity contribution >= 4 is 5.97 Å². The average Bonchev–Trinajstić information content (AvgIpc) is 2.49. The van der Waals surface area contributed by atoms with Crippen LogP contribution in [0, 0.1) is 6.92 Å². The molecule has 0 atom stereocenters. The minimum Gasteiger partial charge on any atom is -0.478 e. The highest BCUT2D eigenvalue weighted by Crippen LogP contribution is 2.32. The SMILES string of the molecule is Cc1c(C(=O)O)c2c(n1C(C)C)CCCC2. The number of aromatic carboxylic acids is 1. The van der Waals surface area contributed by atoms with Crippen molar-refractivity contribution in [3.05, 3.63) is 22.5 Å². The lowest BCUT2D eigenvalue weighted by atomic mass is 9.94. The molecule has 1 N–H and O–H groups in total. The second-order valence-electron chi connectivity index (χ2n) is 4.86. The van der Waals surface area contributed by atoms with E-state index >= 15 is 0 Å². The van der Waals surface area contributed by atoms with Gasteiger partial charge in [0.25, 0.3) is 0 Å². The quantitative estimate of drug-likeness (QED) is 0.834. The second-order valence-corrected chi connectivity index (χ2v) is 4.86. The predicted octanol–water partition coefficient (Wildman–Crippen LogP) is 2.95. The van der Waals surface area contributed by atoms with Crippen LogP contribution in [0.1, 0.15) is 60.0 Å². The predicted molar refractivity (Wildman–Crippen MR) is 63.2 cm³/mol. The third kappa shape index (κ3) is 1.55. The van der Waals surface area contributed by atoms with Gasteiger partial charge in [0.05, 0.1) is 5.56 Å². The zero-order valence-electron chi connectivity index (χ0n) is 10.2. The smallest absolute Gasteiger partial charge is 0.337 e. The summed E-state index contributed by atoms with van der Waals surface area (Å²) in [4.78, 5) is 11.3. The number of aromatic nitrogens is 1. The van der Waals surface area contributed by atoms with Crippen molar-refractivity contribution in [3.8, 4) is 0 Å². The summed E-state index contributed by atoms with van der Waals surface area (Å²) in [6.07, 6.45) is 4.26. The summed E-state index contributed by atoms with van der Waals surface area (Å²) in [6, 6.07) is 0.347. The molecule has 0 aliphatic heterocycles. The van der Waals surface area contributed by atoms with Crippen molar-refractivity contribution < 1.29 is 9.90 Å². The van der Waals surface area contributed by atoms with E-state index in [4.69, 9.17) is 0 Å². The number of carbonyl (C=O) groups is 1. The third-order valence-electron chi connectivity index (χ3n) is 3.48. The maximum Gasteiger partial charge on any atom is 0.337 e. The molecule has 1 aliphatic rings. The maximum absolute atomic E-state index is 11.3. The fourth-order valence-corrected chi connectivity index (χ4v) is 2.95. The first kappa shape index (κ1) is 11.2. The number of rotatable bonds is 2. The van der Waals surface area contributed by atoms with E-state index in [1.807, 2.05) is 6.92 Å². The Bertz CT molecular complexity index is 430. The van der Waals surface area contributed by atoms with Crippen LogP contribution in [0.25, 0.3) is 0 Å². The summed E-state index contributed by atoms with van der Waals surface area (Å²) < 4.78 is 2.21. The molecule has 0 aromatic carbocycles. The molecular weight excluding hydrogens is 202 g/mol. The third-order valence-corrected chi connectivity index (χ3v) is 3.48. The Morgan fingerprint density at radius 3 is 2.50 bits per heavy atom. The molecule has 1 aliphatic carbocycles. The zero-order chi connectivity index (χ0) is 11.9. The van der Waals surface area contributed by atoms with E-state index in [2.05, 4.69) is 18.4 Å². The van der Waals surface area contributed by atoms with Gasteiger partial charge in [-0.3, -0.25) is 0 Å². The highest BCUT2D eigenvalue weighted by Gasteiger charge is 2.26. The number of nitrogens with zero attached hydrogens (tertiary/aromatic N) is 1. The lowest BCUT2D eigenvalue weighted by Crippen LogP contribution is -2.11. The van der Waals surface area contributed by atoms with Gasteiger partial charge >= 0.3 is 5.97 Å². The monoisotopic (exact) mass is 221 g/mol. The lowest BCUT2D eigenvalue weighted by Gasteiger charge is -2.19. The van der Waals surface area contributed by atoms with Crippen molar-refractivity contribution in [1.82, 2.24) is 4.57 Å². The molecule has 0 amide bonds. The van der Waals surface area contributed by atoms with Crippen LogP contribution in [-0.4, -0.2) is 15.6 Å². The van der Waals surface area contributed by atoms with Gasteiger partial charge < -0.3 is 9.67 Å². The maximum atomic E-state index is 11.3. The minimum absolute atomic E-state index is 0.347. The summed E-state index contributed by atoms with van der Waals surface area (Å²) >= 11 is 0. The first-order valence-electron chi connectivity index (χ1n) is 5.99. The van der Waals surface area contributed by atoms with E-state index in [-0.39, 0.29) is 0 Å². The highest BCUT2D eigenvalue weighted by molar-refractivity contribution is 5.91. The summed E-state index contributed by atoms with van der Waals surface area (Å²) in [5.41, 5.74) is 3.83. The first-order chi connectivity index (χ1) is 7.54. The molecular formula is C13H19NO2. The standard InChI is InChI=1S/C13H19NO2/c1-8(2)14-9(3)12(13(15)16)10-6-4-5-7-11(10)14/h8H,4-7H2,1-3H3,(H,15,16). The average molecular weight is 221 g/mol. The van der Waals surface area contributed by atoms with Gasteiger partial charge in [-0.15, -0.1) is 0 Å². The van der Waals surface area contributed by atoms with Gasteiger partial charge in [-0.25, -0.2) is 4.79 Å². The Balaban J connectivity index is 2.67. The molecule has 2 rings (SSSR count). The molecule has 3 heteroatoms. The van der Waals surface area contributed by atoms with Gasteiger partial charge in [-0.2, -0.15) is 0 Å². The Hall–Kier alpha value is -1.25. The van der Waals surface area contributed by atoms with Gasteiger partial charge in [0.1, 0.15) is 0 Å². The van der Waals surface area contributed by atoms with Crippen molar-refractivity contribution in [2.45, 2.75) is 52.5 Å². The van der Waals surface area contributed by atoms with Crippen LogP contribution in [0.3, 0.4) is 0 Å².